The van der Waals surface area contributed by atoms with Gasteiger partial charge in [0.25, 0.3) is 0 Å². The highest BCUT2D eigenvalue weighted by Gasteiger charge is 2.44. The Hall–Kier alpha value is -2.33. The molecule has 0 aromatic carbocycles. The molecule has 1 aliphatic rings. The fourth-order valence-electron chi connectivity index (χ4n) is 3.14. The number of aliphatic hydroxyl groups is 3. The molecule has 2 aromatic heterocycles. The molecule has 0 bridgehead atoms. The Morgan fingerprint density at radius 1 is 1.26 bits per heavy atom. The van der Waals surface area contributed by atoms with Crippen LogP contribution in [-0.4, -0.2) is 66.3 Å². The number of imidazole rings is 1. The van der Waals surface area contributed by atoms with Crippen molar-refractivity contribution in [1.29, 1.82) is 0 Å². The van der Waals surface area contributed by atoms with E-state index in [0.717, 1.165) is 6.42 Å². The smallest absolute Gasteiger partial charge is 0.167 e. The Kier molecular flexibility index (Phi) is 6.17. The van der Waals surface area contributed by atoms with Gasteiger partial charge in [-0.25, -0.2) is 15.0 Å². The maximum absolute atomic E-state index is 10.2. The minimum absolute atomic E-state index is 0.386. The normalized spacial score (nSPS) is 26.3. The van der Waals surface area contributed by atoms with E-state index in [9.17, 15) is 15.3 Å². The average Bonchev–Trinajstić information content (AvgIpc) is 3.23. The SMILES string of the molecule is C/C=C\C(=C/C)CCNc1ncnc2c1ncn2C1OC(CO)C(O)C1O. The van der Waals surface area contributed by atoms with Gasteiger partial charge in [-0.1, -0.05) is 23.8 Å². The second kappa shape index (κ2) is 8.57. The number of hydrogen-bond acceptors (Lipinski definition) is 8. The van der Waals surface area contributed by atoms with E-state index in [1.54, 1.807) is 4.57 Å². The van der Waals surface area contributed by atoms with E-state index < -0.39 is 24.5 Å². The molecule has 2 aromatic rings. The van der Waals surface area contributed by atoms with Crippen molar-refractivity contribution in [2.75, 3.05) is 18.5 Å². The summed E-state index contributed by atoms with van der Waals surface area (Å²) in [6, 6.07) is 0. The first-order valence-electron chi connectivity index (χ1n) is 8.92. The monoisotopic (exact) mass is 375 g/mol. The summed E-state index contributed by atoms with van der Waals surface area (Å²) in [7, 11) is 0. The van der Waals surface area contributed by atoms with Crippen LogP contribution in [-0.2, 0) is 4.74 Å². The highest BCUT2D eigenvalue weighted by Crippen LogP contribution is 2.32. The molecule has 0 radical (unpaired) electrons. The lowest BCUT2D eigenvalue weighted by atomic mass is 10.1. The number of aliphatic hydroxyl groups excluding tert-OH is 3. The van der Waals surface area contributed by atoms with Crippen molar-refractivity contribution in [3.8, 4) is 0 Å². The highest BCUT2D eigenvalue weighted by molar-refractivity contribution is 5.82. The summed E-state index contributed by atoms with van der Waals surface area (Å²) >= 11 is 0. The van der Waals surface area contributed by atoms with Gasteiger partial charge in [0.05, 0.1) is 12.9 Å². The molecule has 9 nitrogen and oxygen atoms in total. The van der Waals surface area contributed by atoms with Crippen molar-refractivity contribution in [3.05, 3.63) is 36.5 Å². The third kappa shape index (κ3) is 3.86. The summed E-state index contributed by atoms with van der Waals surface area (Å²) in [5.74, 6) is 0.585. The molecular formula is C18H25N5O4. The van der Waals surface area contributed by atoms with Crippen LogP contribution in [0, 0.1) is 0 Å². The second-order valence-corrected chi connectivity index (χ2v) is 6.32. The van der Waals surface area contributed by atoms with Crippen LogP contribution < -0.4 is 5.32 Å². The van der Waals surface area contributed by atoms with E-state index in [-0.39, 0.29) is 6.61 Å². The third-order valence-corrected chi connectivity index (χ3v) is 4.61. The Labute approximate surface area is 157 Å². The molecule has 1 saturated heterocycles. The topological polar surface area (TPSA) is 126 Å². The molecule has 27 heavy (non-hydrogen) atoms. The van der Waals surface area contributed by atoms with Crippen LogP contribution in [0.15, 0.2) is 36.5 Å². The minimum Gasteiger partial charge on any atom is -0.394 e. The summed E-state index contributed by atoms with van der Waals surface area (Å²) in [5, 5.41) is 32.7. The van der Waals surface area contributed by atoms with Gasteiger partial charge in [-0.05, 0) is 20.3 Å². The van der Waals surface area contributed by atoms with Gasteiger partial charge in [0, 0.05) is 6.54 Å². The molecule has 4 unspecified atom stereocenters. The Bertz CT molecular complexity index is 834. The van der Waals surface area contributed by atoms with Crippen LogP contribution in [0.2, 0.25) is 0 Å². The zero-order chi connectivity index (χ0) is 19.4. The molecule has 3 heterocycles. The highest BCUT2D eigenvalue weighted by atomic mass is 16.6. The van der Waals surface area contributed by atoms with Crippen molar-refractivity contribution < 1.29 is 20.1 Å². The fourth-order valence-corrected chi connectivity index (χ4v) is 3.14. The lowest BCUT2D eigenvalue weighted by Crippen LogP contribution is -2.33. The number of anilines is 1. The molecule has 9 heteroatoms. The quantitative estimate of drug-likeness (QED) is 0.523. The summed E-state index contributed by atoms with van der Waals surface area (Å²) in [6.45, 7) is 4.27. The third-order valence-electron chi connectivity index (χ3n) is 4.61. The van der Waals surface area contributed by atoms with E-state index >= 15 is 0 Å². The van der Waals surface area contributed by atoms with Crippen molar-refractivity contribution >= 4 is 17.0 Å². The maximum Gasteiger partial charge on any atom is 0.167 e. The average molecular weight is 375 g/mol. The van der Waals surface area contributed by atoms with Crippen LogP contribution >= 0.6 is 0 Å². The van der Waals surface area contributed by atoms with E-state index in [1.165, 1.54) is 18.2 Å². The van der Waals surface area contributed by atoms with Gasteiger partial charge >= 0.3 is 0 Å². The molecule has 0 saturated carbocycles. The van der Waals surface area contributed by atoms with Crippen molar-refractivity contribution in [2.24, 2.45) is 0 Å². The standard InChI is InChI=1S/C18H25N5O4/c1-3-5-11(4-2)6-7-19-16-13-17(21-9-20-16)23(10-22-13)18-15(26)14(25)12(8-24)27-18/h3-5,9-10,12,14-15,18,24-26H,6-8H2,1-2H3,(H,19,20,21)/b5-3-,11-4+. The number of nitrogens with one attached hydrogen (secondary N) is 1. The molecule has 4 atom stereocenters. The zero-order valence-electron chi connectivity index (χ0n) is 15.4. The van der Waals surface area contributed by atoms with Crippen LogP contribution in [0.3, 0.4) is 0 Å². The predicted molar refractivity (Wildman–Crippen MR) is 100 cm³/mol. The minimum atomic E-state index is -1.19. The maximum atomic E-state index is 10.2. The molecule has 1 aliphatic heterocycles. The van der Waals surface area contributed by atoms with Gasteiger partial charge in [-0.15, -0.1) is 0 Å². The summed E-state index contributed by atoms with van der Waals surface area (Å²) < 4.78 is 7.10. The molecule has 0 amide bonds. The molecule has 0 spiro atoms. The van der Waals surface area contributed by atoms with Gasteiger partial charge in [-0.2, -0.15) is 0 Å². The van der Waals surface area contributed by atoms with E-state index in [1.807, 2.05) is 19.9 Å². The van der Waals surface area contributed by atoms with Gasteiger partial charge in [0.2, 0.25) is 0 Å². The van der Waals surface area contributed by atoms with Gasteiger partial charge < -0.3 is 25.4 Å². The molecule has 146 valence electrons. The number of rotatable bonds is 7. The lowest BCUT2D eigenvalue weighted by Gasteiger charge is -2.16. The first-order valence-corrected chi connectivity index (χ1v) is 8.92. The van der Waals surface area contributed by atoms with Crippen molar-refractivity contribution in [3.63, 3.8) is 0 Å². The van der Waals surface area contributed by atoms with Gasteiger partial charge in [-0.3, -0.25) is 4.57 Å². The van der Waals surface area contributed by atoms with E-state index in [4.69, 9.17) is 4.74 Å². The number of hydrogen-bond donors (Lipinski definition) is 4. The number of allylic oxidation sites excluding steroid dienone is 3. The zero-order valence-corrected chi connectivity index (χ0v) is 15.4. The van der Waals surface area contributed by atoms with Crippen molar-refractivity contribution in [1.82, 2.24) is 19.5 Å². The predicted octanol–water partition coefficient (Wildman–Crippen LogP) is 0.762. The summed E-state index contributed by atoms with van der Waals surface area (Å²) in [4.78, 5) is 12.8. The van der Waals surface area contributed by atoms with E-state index in [2.05, 4.69) is 32.4 Å². The lowest BCUT2D eigenvalue weighted by molar-refractivity contribution is -0.0511. The van der Waals surface area contributed by atoms with Crippen LogP contribution in [0.25, 0.3) is 11.2 Å². The molecule has 1 fully saturated rings. The Morgan fingerprint density at radius 2 is 2.07 bits per heavy atom. The number of aromatic nitrogens is 4. The fraction of sp³-hybridized carbons (Fsp3) is 0.500. The summed E-state index contributed by atoms with van der Waals surface area (Å²) in [5.41, 5.74) is 2.23. The van der Waals surface area contributed by atoms with Crippen LogP contribution in [0.1, 0.15) is 26.5 Å². The Morgan fingerprint density at radius 3 is 2.74 bits per heavy atom. The molecule has 4 N–H and O–H groups in total. The van der Waals surface area contributed by atoms with Crippen LogP contribution in [0.4, 0.5) is 5.82 Å². The number of ether oxygens (including phenoxy) is 1. The largest absolute Gasteiger partial charge is 0.394 e. The summed E-state index contributed by atoms with van der Waals surface area (Å²) in [6.07, 6.45) is 5.76. The first-order chi connectivity index (χ1) is 13.1. The van der Waals surface area contributed by atoms with Gasteiger partial charge in [0.1, 0.15) is 24.6 Å². The first kappa shape index (κ1) is 19.4. The molecular weight excluding hydrogens is 350 g/mol. The van der Waals surface area contributed by atoms with Gasteiger partial charge in [0.15, 0.2) is 23.2 Å². The Balaban J connectivity index is 1.79. The second-order valence-electron chi connectivity index (χ2n) is 6.32. The van der Waals surface area contributed by atoms with Crippen molar-refractivity contribution in [2.45, 2.75) is 44.8 Å². The van der Waals surface area contributed by atoms with E-state index in [0.29, 0.717) is 23.5 Å². The van der Waals surface area contributed by atoms with Crippen LogP contribution in [0.5, 0.6) is 0 Å². The molecule has 3 rings (SSSR count). The molecule has 0 aliphatic carbocycles. The number of fused-ring (bicyclic) bond motifs is 1. The number of nitrogens with zero attached hydrogens (tertiary/aromatic N) is 4.